The van der Waals surface area contributed by atoms with Gasteiger partial charge in [0, 0.05) is 17.7 Å². The van der Waals surface area contributed by atoms with Gasteiger partial charge in [0.1, 0.15) is 11.6 Å². The maximum Gasteiger partial charge on any atom is 0.278 e. The number of amides is 2. The molecule has 0 radical (unpaired) electrons. The second kappa shape index (κ2) is 6.23. The van der Waals surface area contributed by atoms with Crippen molar-refractivity contribution in [1.82, 2.24) is 0 Å². The molecule has 0 saturated carbocycles. The van der Waals surface area contributed by atoms with Gasteiger partial charge in [0.15, 0.2) is 0 Å². The van der Waals surface area contributed by atoms with E-state index in [1.807, 2.05) is 30.3 Å². The van der Waals surface area contributed by atoms with Crippen molar-refractivity contribution >= 4 is 39.7 Å². The Hall–Kier alpha value is -4.07. The summed E-state index contributed by atoms with van der Waals surface area (Å²) in [4.78, 5) is 42.9. The fourth-order valence-corrected chi connectivity index (χ4v) is 3.76. The quantitative estimate of drug-likeness (QED) is 0.390. The zero-order valence-corrected chi connectivity index (χ0v) is 14.9. The van der Waals surface area contributed by atoms with Gasteiger partial charge in [-0.3, -0.25) is 19.7 Å². The highest BCUT2D eigenvalue weighted by atomic mass is 16.7. The molecule has 2 amide bonds. The van der Waals surface area contributed by atoms with Gasteiger partial charge in [-0.2, -0.15) is 0 Å². The lowest BCUT2D eigenvalue weighted by molar-refractivity contribution is -0.384. The van der Waals surface area contributed by atoms with E-state index in [1.165, 1.54) is 18.2 Å². The predicted octanol–water partition coefficient (Wildman–Crippen LogP) is 3.04. The number of nitrogens with zero attached hydrogens (tertiary/aromatic N) is 3. The number of rotatable bonds is 3. The second-order valence-electron chi connectivity index (χ2n) is 6.83. The molecule has 5 rings (SSSR count). The van der Waals surface area contributed by atoms with Gasteiger partial charge >= 0.3 is 0 Å². The number of fused-ring (bicyclic) bond motifs is 2. The topological polar surface area (TPSA) is 102 Å². The van der Waals surface area contributed by atoms with Crippen molar-refractivity contribution in [3.05, 3.63) is 82.4 Å². The summed E-state index contributed by atoms with van der Waals surface area (Å²) >= 11 is 0. The van der Waals surface area contributed by atoms with Gasteiger partial charge in [-0.15, -0.1) is 0 Å². The lowest BCUT2D eigenvalue weighted by Crippen LogP contribution is -2.33. The Morgan fingerprint density at radius 1 is 0.931 bits per heavy atom. The van der Waals surface area contributed by atoms with Crippen LogP contribution in [-0.4, -0.2) is 28.6 Å². The number of oxime groups is 1. The van der Waals surface area contributed by atoms with Crippen LogP contribution in [0.1, 0.15) is 5.56 Å². The zero-order valence-electron chi connectivity index (χ0n) is 14.9. The van der Waals surface area contributed by atoms with Crippen molar-refractivity contribution in [2.45, 2.75) is 6.10 Å². The number of hydrogen-bond acceptors (Lipinski definition) is 6. The van der Waals surface area contributed by atoms with E-state index >= 15 is 0 Å². The highest BCUT2D eigenvalue weighted by Crippen LogP contribution is 2.36. The minimum atomic E-state index is -1.07. The minimum absolute atomic E-state index is 0.128. The maximum absolute atomic E-state index is 13.1. The van der Waals surface area contributed by atoms with Crippen molar-refractivity contribution in [1.29, 1.82) is 0 Å². The highest BCUT2D eigenvalue weighted by Gasteiger charge is 2.56. The molecule has 2 atom stereocenters. The Morgan fingerprint density at radius 3 is 2.52 bits per heavy atom. The summed E-state index contributed by atoms with van der Waals surface area (Å²) in [6.45, 7) is 0. The van der Waals surface area contributed by atoms with E-state index in [9.17, 15) is 19.7 Å². The monoisotopic (exact) mass is 387 g/mol. The van der Waals surface area contributed by atoms with Gasteiger partial charge in [0.25, 0.3) is 11.6 Å². The second-order valence-corrected chi connectivity index (χ2v) is 6.83. The first-order chi connectivity index (χ1) is 14.0. The average molecular weight is 387 g/mol. The van der Waals surface area contributed by atoms with Crippen LogP contribution < -0.4 is 4.90 Å². The van der Waals surface area contributed by atoms with Crippen LogP contribution in [0.5, 0.6) is 0 Å². The van der Waals surface area contributed by atoms with Crippen molar-refractivity contribution < 1.29 is 19.3 Å². The van der Waals surface area contributed by atoms with E-state index in [1.54, 1.807) is 18.2 Å². The molecule has 0 spiro atoms. The van der Waals surface area contributed by atoms with E-state index in [0.29, 0.717) is 11.3 Å². The normalized spacial score (nSPS) is 20.6. The van der Waals surface area contributed by atoms with Crippen molar-refractivity contribution in [2.24, 2.45) is 11.1 Å². The van der Waals surface area contributed by atoms with E-state index in [2.05, 4.69) is 5.16 Å². The van der Waals surface area contributed by atoms with Gasteiger partial charge in [0.05, 0.1) is 10.6 Å². The summed E-state index contributed by atoms with van der Waals surface area (Å²) in [6.07, 6.45) is -1.07. The molecule has 0 aliphatic carbocycles. The SMILES string of the molecule is O=C1[C@@H]2C(c3cccc([N+](=O)[O-])c3)=NO[C@@H]2C(=O)N1c1ccc2ccccc2c1. The summed E-state index contributed by atoms with van der Waals surface area (Å²) in [5.41, 5.74) is 0.931. The van der Waals surface area contributed by atoms with Gasteiger partial charge < -0.3 is 4.84 Å². The van der Waals surface area contributed by atoms with Crippen LogP contribution in [0.2, 0.25) is 0 Å². The molecular weight excluding hydrogens is 374 g/mol. The maximum atomic E-state index is 13.1. The summed E-state index contributed by atoms with van der Waals surface area (Å²) < 4.78 is 0. The van der Waals surface area contributed by atoms with Gasteiger partial charge in [-0.25, -0.2) is 4.90 Å². The number of carbonyl (C=O) groups is 2. The van der Waals surface area contributed by atoms with Crippen molar-refractivity contribution in [2.75, 3.05) is 4.90 Å². The Morgan fingerprint density at radius 2 is 1.72 bits per heavy atom. The van der Waals surface area contributed by atoms with Crippen LogP contribution in [0.15, 0.2) is 71.9 Å². The molecule has 0 N–H and O–H groups in total. The predicted molar refractivity (Wildman–Crippen MR) is 104 cm³/mol. The third-order valence-electron chi connectivity index (χ3n) is 5.16. The number of imide groups is 1. The molecular formula is C21H13N3O5. The lowest BCUT2D eigenvalue weighted by atomic mass is 9.94. The first-order valence-corrected chi connectivity index (χ1v) is 8.90. The van der Waals surface area contributed by atoms with E-state index in [0.717, 1.165) is 15.7 Å². The van der Waals surface area contributed by atoms with E-state index in [-0.39, 0.29) is 11.4 Å². The van der Waals surface area contributed by atoms with Crippen LogP contribution in [-0.2, 0) is 14.4 Å². The largest absolute Gasteiger partial charge is 0.381 e. The first-order valence-electron chi connectivity index (χ1n) is 8.90. The minimum Gasteiger partial charge on any atom is -0.381 e. The number of non-ortho nitro benzene ring substituents is 1. The van der Waals surface area contributed by atoms with Crippen LogP contribution in [0, 0.1) is 16.0 Å². The molecule has 3 aromatic carbocycles. The van der Waals surface area contributed by atoms with Gasteiger partial charge in [-0.05, 0) is 22.9 Å². The molecule has 2 aliphatic rings. The molecule has 0 bridgehead atoms. The molecule has 2 aliphatic heterocycles. The Kier molecular flexibility index (Phi) is 3.67. The van der Waals surface area contributed by atoms with Crippen LogP contribution in [0.3, 0.4) is 0 Å². The Labute approximate surface area is 164 Å². The Balaban J connectivity index is 1.52. The highest BCUT2D eigenvalue weighted by molar-refractivity contribution is 6.32. The van der Waals surface area contributed by atoms with Crippen LogP contribution in [0.25, 0.3) is 10.8 Å². The summed E-state index contributed by atoms with van der Waals surface area (Å²) in [5, 5.41) is 16.8. The molecule has 8 nitrogen and oxygen atoms in total. The molecule has 3 aromatic rings. The fraction of sp³-hybridized carbons (Fsp3) is 0.0952. The molecule has 1 saturated heterocycles. The standard InChI is InChI=1S/C21H13N3O5/c25-20-17-18(14-6-3-7-16(11-14)24(27)28)22-29-19(17)21(26)23(20)15-9-8-12-4-1-2-5-13(12)10-15/h1-11,17,19H/t17-,19+/m1/s1. The molecule has 0 aromatic heterocycles. The molecule has 142 valence electrons. The van der Waals surface area contributed by atoms with Gasteiger partial charge in [0.2, 0.25) is 12.0 Å². The number of benzene rings is 3. The van der Waals surface area contributed by atoms with Crippen molar-refractivity contribution in [3.8, 4) is 0 Å². The molecule has 1 fully saturated rings. The lowest BCUT2D eigenvalue weighted by Gasteiger charge is -2.16. The molecule has 2 heterocycles. The summed E-state index contributed by atoms with van der Waals surface area (Å²) in [6, 6.07) is 18.7. The van der Waals surface area contributed by atoms with Gasteiger partial charge in [-0.1, -0.05) is 47.6 Å². The number of anilines is 1. The third kappa shape index (κ3) is 2.57. The Bertz CT molecular complexity index is 1240. The number of hydrogen-bond donors (Lipinski definition) is 0. The average Bonchev–Trinajstić information content (AvgIpc) is 3.28. The van der Waals surface area contributed by atoms with E-state index in [4.69, 9.17) is 4.84 Å². The smallest absolute Gasteiger partial charge is 0.278 e. The molecule has 8 heteroatoms. The number of nitro groups is 1. The number of carbonyl (C=O) groups excluding carboxylic acids is 2. The summed E-state index contributed by atoms with van der Waals surface area (Å²) in [7, 11) is 0. The van der Waals surface area contributed by atoms with E-state index < -0.39 is 28.8 Å². The fourth-order valence-electron chi connectivity index (χ4n) is 3.76. The molecule has 0 unspecified atom stereocenters. The van der Waals surface area contributed by atoms with Crippen LogP contribution >= 0.6 is 0 Å². The third-order valence-corrected chi connectivity index (χ3v) is 5.16. The number of nitro benzene ring substituents is 1. The van der Waals surface area contributed by atoms with Crippen LogP contribution in [0.4, 0.5) is 11.4 Å². The van der Waals surface area contributed by atoms with Crippen molar-refractivity contribution in [3.63, 3.8) is 0 Å². The first kappa shape index (κ1) is 17.1. The zero-order chi connectivity index (χ0) is 20.1. The molecule has 29 heavy (non-hydrogen) atoms. The summed E-state index contributed by atoms with van der Waals surface area (Å²) in [5.74, 6) is -1.89.